The van der Waals surface area contributed by atoms with Gasteiger partial charge in [0.15, 0.2) is 0 Å². The van der Waals surface area contributed by atoms with Crippen LogP contribution in [0.25, 0.3) is 0 Å². The summed E-state index contributed by atoms with van der Waals surface area (Å²) >= 11 is 0. The van der Waals surface area contributed by atoms with Crippen LogP contribution in [0.2, 0.25) is 0 Å². The van der Waals surface area contributed by atoms with Gasteiger partial charge in [-0.2, -0.15) is 0 Å². The molecule has 0 radical (unpaired) electrons. The van der Waals surface area contributed by atoms with Gasteiger partial charge in [-0.15, -0.1) is 0 Å². The minimum absolute atomic E-state index is 0.0792. The summed E-state index contributed by atoms with van der Waals surface area (Å²) in [5, 5.41) is 0. The first-order valence-electron chi connectivity index (χ1n) is 6.48. The third-order valence-electron chi connectivity index (χ3n) is 4.52. The number of hydrogen-bond donors (Lipinski definition) is 1. The van der Waals surface area contributed by atoms with Gasteiger partial charge in [-0.25, -0.2) is 4.79 Å². The number of carbonyl (C=O) groups is 1. The van der Waals surface area contributed by atoms with Crippen LogP contribution < -0.4 is 15.4 Å². The Morgan fingerprint density at radius 3 is 2.89 bits per heavy atom. The minimum Gasteiger partial charge on any atom is -0.410 e. The fourth-order valence-corrected chi connectivity index (χ4v) is 3.73. The van der Waals surface area contributed by atoms with E-state index < -0.39 is 6.09 Å². The van der Waals surface area contributed by atoms with Crippen LogP contribution in [0.3, 0.4) is 0 Å². The van der Waals surface area contributed by atoms with Gasteiger partial charge in [0, 0.05) is 24.7 Å². The van der Waals surface area contributed by atoms with Gasteiger partial charge in [0.25, 0.3) is 0 Å². The highest BCUT2D eigenvalue weighted by atomic mass is 16.5. The maximum Gasteiger partial charge on any atom is 0.409 e. The van der Waals surface area contributed by atoms with E-state index >= 15 is 0 Å². The van der Waals surface area contributed by atoms with E-state index in [1.54, 1.807) is 6.07 Å². The molecule has 5 heteroatoms. The average Bonchev–Trinajstić information content (AvgIpc) is 2.75. The monoisotopic (exact) mass is 261 g/mol. The van der Waals surface area contributed by atoms with Gasteiger partial charge < -0.3 is 15.4 Å². The fourth-order valence-electron chi connectivity index (χ4n) is 3.73. The molecule has 1 fully saturated rings. The zero-order chi connectivity index (χ0) is 13.8. The smallest absolute Gasteiger partial charge is 0.409 e. The van der Waals surface area contributed by atoms with Gasteiger partial charge in [0.05, 0.1) is 6.17 Å². The molecule has 2 heterocycles. The van der Waals surface area contributed by atoms with E-state index in [0.717, 1.165) is 13.0 Å². The Labute approximate surface area is 112 Å². The number of hydrogen-bond acceptors (Lipinski definition) is 4. The van der Waals surface area contributed by atoms with Crippen LogP contribution in [0.1, 0.15) is 18.9 Å². The van der Waals surface area contributed by atoms with Crippen LogP contribution >= 0.6 is 0 Å². The number of benzene rings is 1. The minimum atomic E-state index is -0.767. The molecule has 0 spiro atoms. The number of amides is 1. The van der Waals surface area contributed by atoms with E-state index in [1.165, 1.54) is 11.3 Å². The van der Waals surface area contributed by atoms with Crippen LogP contribution in [-0.2, 0) is 5.41 Å². The molecule has 0 aromatic heterocycles. The SMILES string of the molecule is CN1CC[C@@]2(C)c3cc(OC(N)=O)ccc3N(C)[C@@H]12. The lowest BCUT2D eigenvalue weighted by atomic mass is 9.81. The number of primary amides is 1. The van der Waals surface area contributed by atoms with Gasteiger partial charge in [0.1, 0.15) is 5.75 Å². The second kappa shape index (κ2) is 3.87. The van der Waals surface area contributed by atoms with Gasteiger partial charge in [0.2, 0.25) is 0 Å². The summed E-state index contributed by atoms with van der Waals surface area (Å²) in [7, 11) is 4.27. The first-order chi connectivity index (χ1) is 8.93. The number of rotatable bonds is 1. The molecule has 1 saturated heterocycles. The number of likely N-dealkylation sites (tertiary alicyclic amines) is 1. The molecule has 2 aliphatic rings. The van der Waals surface area contributed by atoms with Gasteiger partial charge in [-0.3, -0.25) is 4.90 Å². The topological polar surface area (TPSA) is 58.8 Å². The zero-order valence-corrected chi connectivity index (χ0v) is 11.5. The number of nitrogens with zero attached hydrogens (tertiary/aromatic N) is 2. The van der Waals surface area contributed by atoms with E-state index in [0.29, 0.717) is 11.9 Å². The second-order valence-corrected chi connectivity index (χ2v) is 5.73. The van der Waals surface area contributed by atoms with Crippen molar-refractivity contribution in [3.8, 4) is 5.75 Å². The summed E-state index contributed by atoms with van der Waals surface area (Å²) < 4.78 is 5.00. The summed E-state index contributed by atoms with van der Waals surface area (Å²) in [5.41, 5.74) is 7.60. The maximum atomic E-state index is 10.9. The Bertz CT molecular complexity index is 545. The Kier molecular flexibility index (Phi) is 2.50. The summed E-state index contributed by atoms with van der Waals surface area (Å²) in [6, 6.07) is 5.76. The largest absolute Gasteiger partial charge is 0.410 e. The molecule has 0 aliphatic carbocycles. The number of nitrogens with two attached hydrogens (primary N) is 1. The van der Waals surface area contributed by atoms with Gasteiger partial charge in [-0.05, 0) is 37.2 Å². The second-order valence-electron chi connectivity index (χ2n) is 5.73. The molecule has 5 nitrogen and oxygen atoms in total. The van der Waals surface area contributed by atoms with Crippen molar-refractivity contribution in [2.24, 2.45) is 5.73 Å². The van der Waals surface area contributed by atoms with Crippen molar-refractivity contribution in [3.05, 3.63) is 23.8 Å². The molecular weight excluding hydrogens is 242 g/mol. The third-order valence-corrected chi connectivity index (χ3v) is 4.52. The van der Waals surface area contributed by atoms with E-state index in [2.05, 4.69) is 30.8 Å². The molecule has 0 unspecified atom stereocenters. The number of ether oxygens (including phenoxy) is 1. The van der Waals surface area contributed by atoms with E-state index in [4.69, 9.17) is 10.5 Å². The maximum absolute atomic E-state index is 10.9. The highest BCUT2D eigenvalue weighted by molar-refractivity contribution is 5.71. The van der Waals surface area contributed by atoms with Crippen molar-refractivity contribution in [1.82, 2.24) is 4.90 Å². The molecule has 0 saturated carbocycles. The molecule has 1 aromatic carbocycles. The lowest BCUT2D eigenvalue weighted by molar-refractivity contribution is 0.210. The summed E-state index contributed by atoms with van der Waals surface area (Å²) in [5.74, 6) is 0.524. The van der Waals surface area contributed by atoms with Crippen LogP contribution in [0.15, 0.2) is 18.2 Å². The Morgan fingerprint density at radius 2 is 2.21 bits per heavy atom. The average molecular weight is 261 g/mol. The van der Waals surface area contributed by atoms with Crippen molar-refractivity contribution in [2.45, 2.75) is 24.9 Å². The molecule has 1 amide bonds. The number of likely N-dealkylation sites (N-methyl/N-ethyl adjacent to an activating group) is 2. The van der Waals surface area contributed by atoms with Crippen LogP contribution in [0.5, 0.6) is 5.75 Å². The highest BCUT2D eigenvalue weighted by Gasteiger charge is 2.52. The van der Waals surface area contributed by atoms with E-state index in [-0.39, 0.29) is 5.41 Å². The molecule has 2 N–H and O–H groups in total. The lowest BCUT2D eigenvalue weighted by Crippen LogP contribution is -2.45. The normalized spacial score (nSPS) is 29.2. The van der Waals surface area contributed by atoms with Crippen molar-refractivity contribution >= 4 is 11.8 Å². The summed E-state index contributed by atoms with van der Waals surface area (Å²) in [6.45, 7) is 3.35. The Balaban J connectivity index is 2.06. The first kappa shape index (κ1) is 12.3. The Morgan fingerprint density at radius 1 is 1.47 bits per heavy atom. The third kappa shape index (κ3) is 1.61. The van der Waals surface area contributed by atoms with E-state index in [1.807, 2.05) is 12.1 Å². The lowest BCUT2D eigenvalue weighted by Gasteiger charge is -2.32. The van der Waals surface area contributed by atoms with Crippen LogP contribution in [0.4, 0.5) is 10.5 Å². The first-order valence-corrected chi connectivity index (χ1v) is 6.48. The van der Waals surface area contributed by atoms with Crippen LogP contribution in [0, 0.1) is 0 Å². The zero-order valence-electron chi connectivity index (χ0n) is 11.5. The van der Waals surface area contributed by atoms with Gasteiger partial charge >= 0.3 is 6.09 Å². The standard InChI is InChI=1S/C14H19N3O2/c1-14-6-7-16(2)12(14)17(3)11-5-4-9(8-10(11)14)19-13(15)18/h4-5,8,12H,6-7H2,1-3H3,(H2,15,18)/t12-,14+/m1/s1. The number of carbonyl (C=O) groups excluding carboxylic acids is 1. The summed E-state index contributed by atoms with van der Waals surface area (Å²) in [6.07, 6.45) is 0.703. The number of anilines is 1. The molecule has 102 valence electrons. The van der Waals surface area contributed by atoms with Crippen molar-refractivity contribution in [1.29, 1.82) is 0 Å². The molecule has 19 heavy (non-hydrogen) atoms. The molecular formula is C14H19N3O2. The predicted octanol–water partition coefficient (Wildman–Crippen LogP) is 1.51. The predicted molar refractivity (Wildman–Crippen MR) is 73.4 cm³/mol. The van der Waals surface area contributed by atoms with Crippen molar-refractivity contribution in [2.75, 3.05) is 25.5 Å². The molecule has 3 rings (SSSR count). The molecule has 1 aromatic rings. The van der Waals surface area contributed by atoms with Crippen LogP contribution in [-0.4, -0.2) is 37.8 Å². The van der Waals surface area contributed by atoms with Crippen molar-refractivity contribution in [3.63, 3.8) is 0 Å². The molecule has 2 aliphatic heterocycles. The van der Waals surface area contributed by atoms with E-state index in [9.17, 15) is 4.79 Å². The molecule has 0 bridgehead atoms. The Hall–Kier alpha value is -1.75. The van der Waals surface area contributed by atoms with Gasteiger partial charge in [-0.1, -0.05) is 6.92 Å². The quantitative estimate of drug-likeness (QED) is 0.832. The fraction of sp³-hybridized carbons (Fsp3) is 0.500. The van der Waals surface area contributed by atoms with Crippen molar-refractivity contribution < 1.29 is 9.53 Å². The highest BCUT2D eigenvalue weighted by Crippen LogP contribution is 2.51. The summed E-state index contributed by atoms with van der Waals surface area (Å²) in [4.78, 5) is 15.5. The number of fused-ring (bicyclic) bond motifs is 3. The molecule has 2 atom stereocenters.